The van der Waals surface area contributed by atoms with Crippen LogP contribution >= 0.6 is 0 Å². The van der Waals surface area contributed by atoms with E-state index in [1.165, 1.54) is 6.08 Å². The van der Waals surface area contributed by atoms with Crippen LogP contribution in [0.5, 0.6) is 5.75 Å². The summed E-state index contributed by atoms with van der Waals surface area (Å²) in [6.07, 6.45) is 2.53. The third-order valence-corrected chi connectivity index (χ3v) is 4.02. The summed E-state index contributed by atoms with van der Waals surface area (Å²) >= 11 is 0. The molecule has 1 aliphatic rings. The monoisotopic (exact) mass is 328 g/mol. The number of carboxylic acids is 1. The lowest BCUT2D eigenvalue weighted by molar-refractivity contribution is -0.131. The Morgan fingerprint density at radius 1 is 1.12 bits per heavy atom. The molecule has 0 unspecified atom stereocenters. The number of para-hydroxylation sites is 2. The Morgan fingerprint density at radius 3 is 2.54 bits per heavy atom. The number of ether oxygens (including phenoxy) is 1. The fraction of sp³-hybridized carbons (Fsp3) is 0.278. The van der Waals surface area contributed by atoms with Crippen LogP contribution in [0.3, 0.4) is 0 Å². The topological polar surface area (TPSA) is 66.2 Å². The first-order valence-electron chi connectivity index (χ1n) is 7.81. The molecule has 3 rings (SSSR count). The summed E-state index contributed by atoms with van der Waals surface area (Å²) in [5.41, 5.74) is 1.10. The number of piperazine rings is 1. The number of nitrogens with zero attached hydrogens (tertiary/aromatic N) is 2. The van der Waals surface area contributed by atoms with Crippen molar-refractivity contribution < 1.29 is 19.1 Å². The van der Waals surface area contributed by atoms with Crippen molar-refractivity contribution in [2.45, 2.75) is 0 Å². The molecule has 2 heterocycles. The minimum Gasteiger partial charge on any atom is -0.495 e. The van der Waals surface area contributed by atoms with Crippen LogP contribution in [0.2, 0.25) is 0 Å². The minimum absolute atomic E-state index is 0.541. The normalized spacial score (nSPS) is 15.0. The van der Waals surface area contributed by atoms with Crippen molar-refractivity contribution >= 4 is 23.6 Å². The lowest BCUT2D eigenvalue weighted by Crippen LogP contribution is -2.46. The second kappa shape index (κ2) is 7.12. The zero-order valence-electron chi connectivity index (χ0n) is 13.5. The van der Waals surface area contributed by atoms with Crippen molar-refractivity contribution in [3.8, 4) is 5.75 Å². The van der Waals surface area contributed by atoms with E-state index in [-0.39, 0.29) is 0 Å². The van der Waals surface area contributed by atoms with E-state index >= 15 is 0 Å². The van der Waals surface area contributed by atoms with Gasteiger partial charge in [-0.3, -0.25) is 0 Å². The molecule has 0 bridgehead atoms. The van der Waals surface area contributed by atoms with E-state index in [9.17, 15) is 4.79 Å². The van der Waals surface area contributed by atoms with Crippen LogP contribution in [0.4, 0.5) is 11.6 Å². The molecule has 6 nitrogen and oxygen atoms in total. The number of rotatable bonds is 5. The van der Waals surface area contributed by atoms with Gasteiger partial charge in [0.25, 0.3) is 0 Å². The summed E-state index contributed by atoms with van der Waals surface area (Å²) in [4.78, 5) is 15.0. The molecule has 6 heteroatoms. The molecule has 1 aromatic heterocycles. The van der Waals surface area contributed by atoms with Gasteiger partial charge in [0.15, 0.2) is 5.88 Å². The van der Waals surface area contributed by atoms with Gasteiger partial charge in [0.1, 0.15) is 11.5 Å². The first-order chi connectivity index (χ1) is 11.7. The van der Waals surface area contributed by atoms with Gasteiger partial charge in [-0.1, -0.05) is 12.1 Å². The smallest absolute Gasteiger partial charge is 0.328 e. The van der Waals surface area contributed by atoms with E-state index in [4.69, 9.17) is 14.3 Å². The number of furan rings is 1. The van der Waals surface area contributed by atoms with Gasteiger partial charge in [-0.25, -0.2) is 4.79 Å². The van der Waals surface area contributed by atoms with Crippen molar-refractivity contribution in [1.29, 1.82) is 0 Å². The summed E-state index contributed by atoms with van der Waals surface area (Å²) in [6.45, 7) is 3.38. The van der Waals surface area contributed by atoms with Gasteiger partial charge in [-0.15, -0.1) is 0 Å². The summed E-state index contributed by atoms with van der Waals surface area (Å²) in [7, 11) is 1.68. The first-order valence-corrected chi connectivity index (χ1v) is 7.81. The van der Waals surface area contributed by atoms with E-state index in [1.807, 2.05) is 24.3 Å². The zero-order valence-corrected chi connectivity index (χ0v) is 13.5. The van der Waals surface area contributed by atoms with Crippen molar-refractivity contribution in [2.24, 2.45) is 0 Å². The second-order valence-corrected chi connectivity index (χ2v) is 5.49. The highest BCUT2D eigenvalue weighted by atomic mass is 16.5. The molecule has 1 N–H and O–H groups in total. The molecule has 24 heavy (non-hydrogen) atoms. The lowest BCUT2D eigenvalue weighted by Gasteiger charge is -2.36. The van der Waals surface area contributed by atoms with Gasteiger partial charge in [-0.2, -0.15) is 0 Å². The van der Waals surface area contributed by atoms with E-state index < -0.39 is 5.97 Å². The molecule has 0 spiro atoms. The Balaban J connectivity index is 1.64. The maximum absolute atomic E-state index is 10.5. The Kier molecular flexibility index (Phi) is 4.74. The summed E-state index contributed by atoms with van der Waals surface area (Å²) < 4.78 is 11.1. The third kappa shape index (κ3) is 3.53. The van der Waals surface area contributed by atoms with E-state index in [0.29, 0.717) is 5.76 Å². The molecule has 0 atom stereocenters. The molecule has 1 aromatic carbocycles. The first kappa shape index (κ1) is 16.0. The molecule has 1 aliphatic heterocycles. The van der Waals surface area contributed by atoms with Crippen LogP contribution in [0, 0.1) is 0 Å². The molecule has 0 aliphatic carbocycles. The Morgan fingerprint density at radius 2 is 1.83 bits per heavy atom. The van der Waals surface area contributed by atoms with Crippen LogP contribution < -0.4 is 14.5 Å². The predicted octanol–water partition coefficient (Wildman–Crippen LogP) is 2.71. The van der Waals surface area contributed by atoms with Crippen LogP contribution in [-0.2, 0) is 4.79 Å². The molecule has 2 aromatic rings. The highest BCUT2D eigenvalue weighted by molar-refractivity contribution is 5.84. The van der Waals surface area contributed by atoms with Crippen molar-refractivity contribution in [2.75, 3.05) is 43.1 Å². The van der Waals surface area contributed by atoms with Gasteiger partial charge in [-0.05, 0) is 24.3 Å². The fourth-order valence-electron chi connectivity index (χ4n) is 2.81. The molecule has 1 saturated heterocycles. The van der Waals surface area contributed by atoms with Crippen molar-refractivity contribution in [3.63, 3.8) is 0 Å². The quantitative estimate of drug-likeness (QED) is 0.851. The van der Waals surface area contributed by atoms with E-state index in [2.05, 4.69) is 15.9 Å². The largest absolute Gasteiger partial charge is 0.495 e. The van der Waals surface area contributed by atoms with Crippen LogP contribution in [0.1, 0.15) is 5.76 Å². The molecule has 0 radical (unpaired) electrons. The molecule has 126 valence electrons. The van der Waals surface area contributed by atoms with Gasteiger partial charge >= 0.3 is 5.97 Å². The van der Waals surface area contributed by atoms with Crippen molar-refractivity contribution in [1.82, 2.24) is 0 Å². The number of aliphatic carboxylic acids is 1. The van der Waals surface area contributed by atoms with Crippen LogP contribution in [-0.4, -0.2) is 44.4 Å². The summed E-state index contributed by atoms with van der Waals surface area (Å²) in [5.74, 6) is 1.20. The maximum atomic E-state index is 10.5. The Bertz CT molecular complexity index is 730. The predicted molar refractivity (Wildman–Crippen MR) is 92.8 cm³/mol. The standard InChI is InChI=1S/C18H20N2O4/c1-23-16-5-3-2-4-15(16)19-10-12-20(13-11-19)17-8-6-14(24-17)7-9-18(21)22/h2-9H,10-13H2,1H3,(H,21,22)/b9-7+. The SMILES string of the molecule is COc1ccccc1N1CCN(c2ccc(/C=C/C(=O)O)o2)CC1. The van der Waals surface area contributed by atoms with Gasteiger partial charge in [0.05, 0.1) is 12.8 Å². The average Bonchev–Trinajstić information content (AvgIpc) is 3.09. The number of anilines is 2. The maximum Gasteiger partial charge on any atom is 0.328 e. The third-order valence-electron chi connectivity index (χ3n) is 4.02. The zero-order chi connectivity index (χ0) is 16.9. The lowest BCUT2D eigenvalue weighted by atomic mass is 10.2. The number of carbonyl (C=O) groups is 1. The van der Waals surface area contributed by atoms with Crippen LogP contribution in [0.25, 0.3) is 6.08 Å². The van der Waals surface area contributed by atoms with Crippen LogP contribution in [0.15, 0.2) is 46.9 Å². The molecule has 0 saturated carbocycles. The van der Waals surface area contributed by atoms with Gasteiger partial charge < -0.3 is 24.1 Å². The Labute approximate surface area is 140 Å². The summed E-state index contributed by atoms with van der Waals surface area (Å²) in [6, 6.07) is 11.7. The number of methoxy groups -OCH3 is 1. The van der Waals surface area contributed by atoms with E-state index in [1.54, 1.807) is 13.2 Å². The van der Waals surface area contributed by atoms with Gasteiger partial charge in [0, 0.05) is 38.3 Å². The molecule has 0 amide bonds. The van der Waals surface area contributed by atoms with Crippen molar-refractivity contribution in [3.05, 3.63) is 48.2 Å². The highest BCUT2D eigenvalue weighted by Crippen LogP contribution is 2.29. The Hall–Kier alpha value is -2.89. The summed E-state index contributed by atoms with van der Waals surface area (Å²) in [5, 5.41) is 8.66. The number of hydrogen-bond acceptors (Lipinski definition) is 5. The molecule has 1 fully saturated rings. The number of benzene rings is 1. The minimum atomic E-state index is -0.988. The second-order valence-electron chi connectivity index (χ2n) is 5.49. The fourth-order valence-corrected chi connectivity index (χ4v) is 2.81. The molecular formula is C18H20N2O4. The highest BCUT2D eigenvalue weighted by Gasteiger charge is 2.21. The number of hydrogen-bond donors (Lipinski definition) is 1. The number of carboxylic acid groups (broad SMARTS) is 1. The van der Waals surface area contributed by atoms with Gasteiger partial charge in [0.2, 0.25) is 0 Å². The van der Waals surface area contributed by atoms with E-state index in [0.717, 1.165) is 49.6 Å². The molecular weight excluding hydrogens is 308 g/mol. The average molecular weight is 328 g/mol.